The second-order valence-corrected chi connectivity index (χ2v) is 7.22. The smallest absolute Gasteiger partial charge is 0.223 e. The third kappa shape index (κ3) is 5.05. The van der Waals surface area contributed by atoms with Crippen LogP contribution in [0.15, 0.2) is 24.3 Å². The summed E-state index contributed by atoms with van der Waals surface area (Å²) in [6.07, 6.45) is 1.31. The molecule has 1 amide bonds. The summed E-state index contributed by atoms with van der Waals surface area (Å²) in [5, 5.41) is 0. The van der Waals surface area contributed by atoms with E-state index in [2.05, 4.69) is 45.0 Å². The van der Waals surface area contributed by atoms with Crippen molar-refractivity contribution in [1.29, 1.82) is 0 Å². The Kier molecular flexibility index (Phi) is 6.19. The Morgan fingerprint density at radius 1 is 1.30 bits per heavy atom. The van der Waals surface area contributed by atoms with Crippen LogP contribution < -0.4 is 0 Å². The number of rotatable bonds is 5. The van der Waals surface area contributed by atoms with Crippen LogP contribution in [0.2, 0.25) is 0 Å². The molecule has 0 bridgehead atoms. The van der Waals surface area contributed by atoms with E-state index in [-0.39, 0.29) is 17.4 Å². The largest absolute Gasteiger partial charge is 0.382 e. The van der Waals surface area contributed by atoms with Gasteiger partial charge in [-0.1, -0.05) is 45.0 Å². The highest BCUT2D eigenvalue weighted by molar-refractivity contribution is 5.77. The predicted molar refractivity (Wildman–Crippen MR) is 91.7 cm³/mol. The molecule has 1 aliphatic rings. The molecule has 1 aromatic carbocycles. The lowest BCUT2D eigenvalue weighted by molar-refractivity contribution is -0.142. The van der Waals surface area contributed by atoms with Gasteiger partial charge in [0.15, 0.2) is 0 Å². The van der Waals surface area contributed by atoms with Gasteiger partial charge in [-0.25, -0.2) is 0 Å². The van der Waals surface area contributed by atoms with Crippen molar-refractivity contribution in [1.82, 2.24) is 4.90 Å². The van der Waals surface area contributed by atoms with Crippen LogP contribution in [0.1, 0.15) is 38.3 Å². The molecular weight excluding hydrogens is 290 g/mol. The van der Waals surface area contributed by atoms with Gasteiger partial charge in [0, 0.05) is 20.1 Å². The van der Waals surface area contributed by atoms with Crippen LogP contribution in [-0.2, 0) is 26.1 Å². The highest BCUT2D eigenvalue weighted by Crippen LogP contribution is 2.22. The van der Waals surface area contributed by atoms with Crippen molar-refractivity contribution in [2.75, 3.05) is 33.5 Å². The molecule has 1 aromatic rings. The lowest BCUT2D eigenvalue weighted by Gasteiger charge is -2.35. The van der Waals surface area contributed by atoms with Gasteiger partial charge < -0.3 is 14.4 Å². The Labute approximate surface area is 139 Å². The van der Waals surface area contributed by atoms with Gasteiger partial charge in [0.25, 0.3) is 0 Å². The van der Waals surface area contributed by atoms with Gasteiger partial charge in [-0.05, 0) is 23.0 Å². The number of benzene rings is 1. The van der Waals surface area contributed by atoms with E-state index in [1.807, 2.05) is 4.90 Å². The van der Waals surface area contributed by atoms with E-state index in [1.54, 1.807) is 7.11 Å². The number of aryl methyl sites for hydroxylation is 1. The fraction of sp³-hybridized carbons (Fsp3) is 0.632. The maximum atomic E-state index is 12.5. The molecule has 23 heavy (non-hydrogen) atoms. The van der Waals surface area contributed by atoms with E-state index in [1.165, 1.54) is 11.1 Å². The van der Waals surface area contributed by atoms with E-state index in [0.717, 1.165) is 6.42 Å². The summed E-state index contributed by atoms with van der Waals surface area (Å²) in [5.74, 6) is 0.190. The molecule has 1 atom stereocenters. The molecule has 0 radical (unpaired) electrons. The zero-order valence-electron chi connectivity index (χ0n) is 14.8. The number of methoxy groups -OCH3 is 1. The lowest BCUT2D eigenvalue weighted by Crippen LogP contribution is -2.50. The minimum absolute atomic E-state index is 0.0458. The average Bonchev–Trinajstić information content (AvgIpc) is 2.53. The third-order valence-electron chi connectivity index (χ3n) is 4.35. The Morgan fingerprint density at radius 2 is 2.00 bits per heavy atom. The Morgan fingerprint density at radius 3 is 2.61 bits per heavy atom. The molecule has 128 valence electrons. The predicted octanol–water partition coefficient (Wildman–Crippen LogP) is 2.79. The van der Waals surface area contributed by atoms with Gasteiger partial charge in [0.2, 0.25) is 5.91 Å². The first-order chi connectivity index (χ1) is 10.9. The average molecular weight is 319 g/mol. The van der Waals surface area contributed by atoms with Crippen LogP contribution in [0.5, 0.6) is 0 Å². The van der Waals surface area contributed by atoms with E-state index >= 15 is 0 Å². The number of ether oxygens (including phenoxy) is 2. The minimum Gasteiger partial charge on any atom is -0.382 e. The summed E-state index contributed by atoms with van der Waals surface area (Å²) >= 11 is 0. The quantitative estimate of drug-likeness (QED) is 0.838. The standard InChI is InChI=1S/C19H29NO3/c1-19(2,3)16-8-5-15(6-9-16)7-10-18(21)20-11-12-23-14-17(20)13-22-4/h5-6,8-9,17H,7,10-14H2,1-4H3. The highest BCUT2D eigenvalue weighted by atomic mass is 16.5. The summed E-state index contributed by atoms with van der Waals surface area (Å²) in [6.45, 7) is 9.01. The minimum atomic E-state index is 0.0458. The summed E-state index contributed by atoms with van der Waals surface area (Å²) in [7, 11) is 1.66. The molecule has 0 N–H and O–H groups in total. The number of hydrogen-bond donors (Lipinski definition) is 0. The number of carbonyl (C=O) groups excluding carboxylic acids is 1. The zero-order valence-corrected chi connectivity index (χ0v) is 14.8. The van der Waals surface area contributed by atoms with Crippen molar-refractivity contribution in [3.8, 4) is 0 Å². The van der Waals surface area contributed by atoms with Crippen LogP contribution in [0.4, 0.5) is 0 Å². The number of carbonyl (C=O) groups is 1. The van der Waals surface area contributed by atoms with E-state index < -0.39 is 0 Å². The molecule has 1 aliphatic heterocycles. The van der Waals surface area contributed by atoms with Crippen molar-refractivity contribution in [2.45, 2.75) is 45.1 Å². The Bertz CT molecular complexity index is 502. The molecule has 1 heterocycles. The topological polar surface area (TPSA) is 38.8 Å². The van der Waals surface area contributed by atoms with Crippen molar-refractivity contribution in [2.24, 2.45) is 0 Å². The van der Waals surface area contributed by atoms with Crippen molar-refractivity contribution in [3.63, 3.8) is 0 Å². The lowest BCUT2D eigenvalue weighted by atomic mass is 9.86. The molecule has 1 unspecified atom stereocenters. The van der Waals surface area contributed by atoms with Crippen molar-refractivity contribution in [3.05, 3.63) is 35.4 Å². The molecule has 0 aliphatic carbocycles. The zero-order chi connectivity index (χ0) is 16.9. The number of hydrogen-bond acceptors (Lipinski definition) is 3. The Hall–Kier alpha value is -1.39. The van der Waals surface area contributed by atoms with Crippen LogP contribution in [0.25, 0.3) is 0 Å². The molecule has 1 fully saturated rings. The molecule has 0 spiro atoms. The summed E-state index contributed by atoms with van der Waals surface area (Å²) in [4.78, 5) is 14.4. The molecule has 0 aromatic heterocycles. The first-order valence-corrected chi connectivity index (χ1v) is 8.37. The van der Waals surface area contributed by atoms with Crippen LogP contribution in [-0.4, -0.2) is 50.3 Å². The third-order valence-corrected chi connectivity index (χ3v) is 4.35. The maximum absolute atomic E-state index is 12.5. The van der Waals surface area contributed by atoms with Gasteiger partial charge in [0.05, 0.1) is 25.9 Å². The second kappa shape index (κ2) is 7.93. The second-order valence-electron chi connectivity index (χ2n) is 7.22. The first kappa shape index (κ1) is 18.0. The summed E-state index contributed by atoms with van der Waals surface area (Å²) < 4.78 is 10.6. The SMILES string of the molecule is COCC1COCCN1C(=O)CCc1ccc(C(C)(C)C)cc1. The number of morpholine rings is 1. The first-order valence-electron chi connectivity index (χ1n) is 8.37. The van der Waals surface area contributed by atoms with Crippen LogP contribution in [0, 0.1) is 0 Å². The Balaban J connectivity index is 1.90. The van der Waals surface area contributed by atoms with Gasteiger partial charge >= 0.3 is 0 Å². The van der Waals surface area contributed by atoms with E-state index in [4.69, 9.17) is 9.47 Å². The highest BCUT2D eigenvalue weighted by Gasteiger charge is 2.26. The molecule has 1 saturated heterocycles. The van der Waals surface area contributed by atoms with Gasteiger partial charge in [-0.2, -0.15) is 0 Å². The molecule has 2 rings (SSSR count). The van der Waals surface area contributed by atoms with Crippen molar-refractivity contribution < 1.29 is 14.3 Å². The normalized spacial score (nSPS) is 19.0. The van der Waals surface area contributed by atoms with Crippen LogP contribution >= 0.6 is 0 Å². The maximum Gasteiger partial charge on any atom is 0.223 e. The monoisotopic (exact) mass is 319 g/mol. The summed E-state index contributed by atoms with van der Waals surface area (Å²) in [6, 6.07) is 8.66. The molecule has 0 saturated carbocycles. The van der Waals surface area contributed by atoms with Gasteiger partial charge in [-0.15, -0.1) is 0 Å². The molecule has 4 heteroatoms. The molecular formula is C19H29NO3. The fourth-order valence-electron chi connectivity index (χ4n) is 2.88. The number of amides is 1. The van der Waals surface area contributed by atoms with Crippen LogP contribution in [0.3, 0.4) is 0 Å². The number of nitrogens with zero attached hydrogens (tertiary/aromatic N) is 1. The fourth-order valence-corrected chi connectivity index (χ4v) is 2.88. The van der Waals surface area contributed by atoms with E-state index in [0.29, 0.717) is 32.8 Å². The van der Waals surface area contributed by atoms with Gasteiger partial charge in [-0.3, -0.25) is 4.79 Å². The van der Waals surface area contributed by atoms with Crippen molar-refractivity contribution >= 4 is 5.91 Å². The molecule has 4 nitrogen and oxygen atoms in total. The summed E-state index contributed by atoms with van der Waals surface area (Å²) in [5.41, 5.74) is 2.69. The van der Waals surface area contributed by atoms with Gasteiger partial charge in [0.1, 0.15) is 0 Å². The van der Waals surface area contributed by atoms with E-state index in [9.17, 15) is 4.79 Å².